The summed E-state index contributed by atoms with van der Waals surface area (Å²) in [6.45, 7) is 6.42. The summed E-state index contributed by atoms with van der Waals surface area (Å²) in [6, 6.07) is -2.40. The van der Waals surface area contributed by atoms with Crippen LogP contribution in [0.1, 0.15) is 78.4 Å². The number of carbonyl (C=O) groups is 12. The molecular weight excluding hydrogens is 1070 g/mol. The number of hydrogen-bond donors (Lipinski definition) is 17. The molecule has 0 aliphatic carbocycles. The van der Waals surface area contributed by atoms with Gasteiger partial charge in [0.25, 0.3) is 0 Å². The number of aliphatic hydroxyl groups is 3. The lowest BCUT2D eigenvalue weighted by Crippen LogP contribution is -2.62. The first kappa shape index (κ1) is 68.8. The molecule has 19 N–H and O–H groups in total. The van der Waals surface area contributed by atoms with Crippen LogP contribution in [0.2, 0.25) is 0 Å². The topological polar surface area (TPSA) is 487 Å². The van der Waals surface area contributed by atoms with Crippen molar-refractivity contribution < 1.29 is 88.2 Å². The number of carboxylic acids is 2. The minimum absolute atomic E-state index is 0.0525. The second kappa shape index (κ2) is 34.0. The SMILES string of the molecule is CC(C)C[C@H](NC(=O)[C@H](CO)NC(=O)[C@H](CO)NC(=O)[C@H](CC(=O)O)NC(=O)[C@H](Cc1ccc(O)cc1)NC(=O)[C@H](CO)NC(=O)[C@@H](N)CCC(N)=O)C(=O)N[C@H](C(=O)N[C@H](C(=O)N[C@@H](Cc1ccccc1)C(=O)O)C(C)C)C(C)C. The number of nitrogens with one attached hydrogen (secondary N) is 9. The highest BCUT2D eigenvalue weighted by molar-refractivity contribution is 5.99. The number of benzene rings is 2. The maximum atomic E-state index is 13.9. The molecule has 29 heteroatoms. The van der Waals surface area contributed by atoms with E-state index in [0.717, 1.165) is 0 Å². The number of phenolic OH excluding ortho intramolecular Hbond substituents is 1. The van der Waals surface area contributed by atoms with E-state index in [1.807, 2.05) is 0 Å². The van der Waals surface area contributed by atoms with Gasteiger partial charge in [0.2, 0.25) is 59.1 Å². The largest absolute Gasteiger partial charge is 0.508 e. The number of carboxylic acid groups (broad SMARTS) is 2. The third-order valence-corrected chi connectivity index (χ3v) is 12.2. The van der Waals surface area contributed by atoms with E-state index in [9.17, 15) is 88.2 Å². The minimum Gasteiger partial charge on any atom is -0.508 e. The van der Waals surface area contributed by atoms with E-state index in [2.05, 4.69) is 47.9 Å². The summed E-state index contributed by atoms with van der Waals surface area (Å²) < 4.78 is 0. The molecule has 0 aliphatic heterocycles. The third-order valence-electron chi connectivity index (χ3n) is 12.2. The van der Waals surface area contributed by atoms with Gasteiger partial charge in [0.1, 0.15) is 60.1 Å². The van der Waals surface area contributed by atoms with E-state index >= 15 is 0 Å². The molecule has 0 aromatic heterocycles. The Hall–Kier alpha value is -8.28. The zero-order valence-electron chi connectivity index (χ0n) is 45.8. The number of hydrogen-bond acceptors (Lipinski definition) is 17. The molecule has 10 amide bonds. The molecule has 0 saturated heterocycles. The first-order chi connectivity index (χ1) is 38.0. The standard InChI is InChI=1S/C52H77N11O18/c1-25(2)18-32(46(74)62-42(27(5)6)51(79)63-41(26(3)4)50(78)58-35(52(80)81)20-28-10-8-7-9-11-28)55-48(76)37(23-65)61-49(77)38(24-66)60-45(73)34(21-40(69)70)57-44(72)33(19-29-12-14-30(67)15-13-29)56-47(75)36(22-64)59-43(71)31(53)16-17-39(54)68/h7-15,25-27,31-38,41-42,64-67H,16-24,53H2,1-6H3,(H2,54,68)(H,55,76)(H,56,75)(H,57,72)(H,58,78)(H,59,71)(H,60,73)(H,61,77)(H,62,74)(H,63,79)(H,69,70)(H,80,81)/t31-,32-,33-,34-,35-,36-,37-,38-,41-,42-/m0/s1. The van der Waals surface area contributed by atoms with Gasteiger partial charge < -0.3 is 90.0 Å². The van der Waals surface area contributed by atoms with E-state index in [1.54, 1.807) is 71.9 Å². The molecule has 10 atom stereocenters. The van der Waals surface area contributed by atoms with E-state index in [4.69, 9.17) is 11.5 Å². The van der Waals surface area contributed by atoms with Crippen LogP contribution < -0.4 is 59.3 Å². The van der Waals surface area contributed by atoms with Gasteiger partial charge in [-0.2, -0.15) is 0 Å². The number of aliphatic carboxylic acids is 2. The molecule has 0 radical (unpaired) electrons. The number of aliphatic hydroxyl groups excluding tert-OH is 3. The summed E-state index contributed by atoms with van der Waals surface area (Å²) in [5.41, 5.74) is 11.8. The number of rotatable bonds is 35. The average molecular weight is 1140 g/mol. The van der Waals surface area contributed by atoms with Gasteiger partial charge in [0.05, 0.1) is 32.3 Å². The Morgan fingerprint density at radius 2 is 0.827 bits per heavy atom. The first-order valence-corrected chi connectivity index (χ1v) is 25.9. The van der Waals surface area contributed by atoms with Crippen molar-refractivity contribution in [3.8, 4) is 5.75 Å². The number of amides is 10. The Morgan fingerprint density at radius 3 is 1.27 bits per heavy atom. The van der Waals surface area contributed by atoms with Gasteiger partial charge in [0, 0.05) is 19.3 Å². The lowest BCUT2D eigenvalue weighted by Gasteiger charge is -2.30. The fraction of sp³-hybridized carbons (Fsp3) is 0.538. The van der Waals surface area contributed by atoms with E-state index in [1.165, 1.54) is 24.3 Å². The van der Waals surface area contributed by atoms with Crippen molar-refractivity contribution >= 4 is 71.0 Å². The average Bonchev–Trinajstić information content (AvgIpc) is 3.42. The number of nitrogens with two attached hydrogens (primary N) is 2. The smallest absolute Gasteiger partial charge is 0.326 e. The second-order valence-electron chi connectivity index (χ2n) is 20.2. The van der Waals surface area contributed by atoms with Crippen molar-refractivity contribution in [2.24, 2.45) is 29.2 Å². The zero-order chi connectivity index (χ0) is 61.3. The van der Waals surface area contributed by atoms with Crippen molar-refractivity contribution in [3.63, 3.8) is 0 Å². The molecule has 0 fully saturated rings. The highest BCUT2D eigenvalue weighted by atomic mass is 16.4. The van der Waals surface area contributed by atoms with Gasteiger partial charge in [-0.3, -0.25) is 52.7 Å². The molecule has 0 bridgehead atoms. The van der Waals surface area contributed by atoms with Gasteiger partial charge >= 0.3 is 11.9 Å². The molecule has 448 valence electrons. The van der Waals surface area contributed by atoms with Crippen molar-refractivity contribution in [2.75, 3.05) is 19.8 Å². The molecule has 2 aromatic carbocycles. The molecule has 81 heavy (non-hydrogen) atoms. The van der Waals surface area contributed by atoms with Crippen LogP contribution in [0.3, 0.4) is 0 Å². The Kier molecular flexibility index (Phi) is 28.9. The van der Waals surface area contributed by atoms with Crippen LogP contribution in [-0.4, -0.2) is 182 Å². The van der Waals surface area contributed by atoms with Crippen LogP contribution >= 0.6 is 0 Å². The molecule has 0 unspecified atom stereocenters. The summed E-state index contributed by atoms with van der Waals surface area (Å²) in [6.07, 6.45) is -2.19. The third kappa shape index (κ3) is 23.9. The van der Waals surface area contributed by atoms with Gasteiger partial charge in [-0.15, -0.1) is 0 Å². The van der Waals surface area contributed by atoms with Gasteiger partial charge in [-0.25, -0.2) is 4.79 Å². The van der Waals surface area contributed by atoms with Crippen LogP contribution in [0, 0.1) is 17.8 Å². The molecule has 2 rings (SSSR count). The maximum Gasteiger partial charge on any atom is 0.326 e. The summed E-state index contributed by atoms with van der Waals surface area (Å²) in [7, 11) is 0. The minimum atomic E-state index is -2.06. The molecule has 2 aromatic rings. The maximum absolute atomic E-state index is 13.9. The van der Waals surface area contributed by atoms with Crippen molar-refractivity contribution in [2.45, 2.75) is 140 Å². The van der Waals surface area contributed by atoms with Gasteiger partial charge in [0.15, 0.2) is 0 Å². The zero-order valence-corrected chi connectivity index (χ0v) is 45.8. The van der Waals surface area contributed by atoms with Gasteiger partial charge in [-0.1, -0.05) is 84.0 Å². The molecule has 0 spiro atoms. The highest BCUT2D eigenvalue weighted by Gasteiger charge is 2.37. The molecular formula is C52H77N11O18. The second-order valence-corrected chi connectivity index (χ2v) is 20.2. The van der Waals surface area contributed by atoms with Crippen LogP contribution in [0.15, 0.2) is 54.6 Å². The lowest BCUT2D eigenvalue weighted by atomic mass is 9.97. The van der Waals surface area contributed by atoms with Gasteiger partial charge in [-0.05, 0) is 53.9 Å². The van der Waals surface area contributed by atoms with Crippen LogP contribution in [-0.2, 0) is 70.4 Å². The normalized spacial score (nSPS) is 14.9. The quantitative estimate of drug-likeness (QED) is 0.0307. The van der Waals surface area contributed by atoms with Crippen molar-refractivity contribution in [1.82, 2.24) is 47.9 Å². The fourth-order valence-corrected chi connectivity index (χ4v) is 7.69. The Balaban J connectivity index is 2.28. The Labute approximate surface area is 466 Å². The number of phenols is 1. The molecule has 0 aliphatic rings. The highest BCUT2D eigenvalue weighted by Crippen LogP contribution is 2.14. The van der Waals surface area contributed by atoms with Crippen molar-refractivity contribution in [3.05, 3.63) is 65.7 Å². The van der Waals surface area contributed by atoms with Crippen LogP contribution in [0.4, 0.5) is 0 Å². The summed E-state index contributed by atoms with van der Waals surface area (Å²) in [5, 5.41) is 80.7. The molecule has 29 nitrogen and oxygen atoms in total. The van der Waals surface area contributed by atoms with Crippen LogP contribution in [0.5, 0.6) is 5.75 Å². The van der Waals surface area contributed by atoms with Crippen molar-refractivity contribution in [1.29, 1.82) is 0 Å². The number of aromatic hydroxyl groups is 1. The summed E-state index contributed by atoms with van der Waals surface area (Å²) >= 11 is 0. The lowest BCUT2D eigenvalue weighted by molar-refractivity contribution is -0.143. The summed E-state index contributed by atoms with van der Waals surface area (Å²) in [4.78, 5) is 157. The predicted octanol–water partition coefficient (Wildman–Crippen LogP) is -4.97. The van der Waals surface area contributed by atoms with E-state index < -0.39 is 176 Å². The Morgan fingerprint density at radius 1 is 0.457 bits per heavy atom. The van der Waals surface area contributed by atoms with Crippen LogP contribution in [0.25, 0.3) is 0 Å². The molecule has 0 saturated carbocycles. The van der Waals surface area contributed by atoms with E-state index in [-0.39, 0.29) is 42.9 Å². The first-order valence-electron chi connectivity index (χ1n) is 25.9. The summed E-state index contributed by atoms with van der Waals surface area (Å²) in [5.74, 6) is -15.2. The Bertz CT molecular complexity index is 2500. The number of primary amides is 1. The van der Waals surface area contributed by atoms with E-state index in [0.29, 0.717) is 5.56 Å². The molecule has 0 heterocycles. The monoisotopic (exact) mass is 1140 g/mol. The fourth-order valence-electron chi connectivity index (χ4n) is 7.69. The predicted molar refractivity (Wildman–Crippen MR) is 286 cm³/mol. The number of carbonyl (C=O) groups excluding carboxylic acids is 10.